The van der Waals surface area contributed by atoms with Crippen LogP contribution in [0.25, 0.3) is 10.4 Å². The summed E-state index contributed by atoms with van der Waals surface area (Å²) in [4.78, 5) is 17.7. The zero-order valence-electron chi connectivity index (χ0n) is 12.5. The number of nitrogens with two attached hydrogens (primary N) is 1. The number of hydrogen-bond acceptors (Lipinski definition) is 4. The van der Waals surface area contributed by atoms with Crippen LogP contribution in [0.1, 0.15) is 17.4 Å². The summed E-state index contributed by atoms with van der Waals surface area (Å²) < 4.78 is 1.58. The molecule has 0 saturated carbocycles. The van der Waals surface area contributed by atoms with Gasteiger partial charge in [0.1, 0.15) is 0 Å². The van der Waals surface area contributed by atoms with Crippen molar-refractivity contribution in [1.29, 1.82) is 0 Å². The number of rotatable bonds is 3. The van der Waals surface area contributed by atoms with Crippen LogP contribution < -0.4 is 11.3 Å². The molecule has 0 aliphatic carbocycles. The predicted molar refractivity (Wildman–Crippen MR) is 89.9 cm³/mol. The van der Waals surface area contributed by atoms with Crippen molar-refractivity contribution in [3.63, 3.8) is 0 Å². The molecule has 5 heteroatoms. The summed E-state index contributed by atoms with van der Waals surface area (Å²) in [7, 11) is 1.75. The van der Waals surface area contributed by atoms with Crippen LogP contribution in [-0.4, -0.2) is 9.55 Å². The van der Waals surface area contributed by atoms with E-state index in [0.29, 0.717) is 0 Å². The fraction of sp³-hybridized carbons (Fsp3) is 0.176. The fourth-order valence-electron chi connectivity index (χ4n) is 2.35. The maximum Gasteiger partial charge on any atom is 0.250 e. The van der Waals surface area contributed by atoms with Gasteiger partial charge in [-0.05, 0) is 42.8 Å². The first-order valence-corrected chi connectivity index (χ1v) is 7.77. The lowest BCUT2D eigenvalue weighted by Crippen LogP contribution is -2.33. The standard InChI is InChI=1S/C17H17N3OS/c1-17(18,13-7-9-19-10-8-13)15-5-4-14(22-15)12-3-6-16(21)20(2)11-12/h3-11H,18H2,1-2H3. The highest BCUT2D eigenvalue weighted by atomic mass is 32.1. The van der Waals surface area contributed by atoms with Crippen LogP contribution in [0.2, 0.25) is 0 Å². The van der Waals surface area contributed by atoms with Gasteiger partial charge >= 0.3 is 0 Å². The Bertz CT molecular complexity index is 850. The van der Waals surface area contributed by atoms with Crippen molar-refractivity contribution < 1.29 is 0 Å². The van der Waals surface area contributed by atoms with Gasteiger partial charge in [0.25, 0.3) is 0 Å². The third kappa shape index (κ3) is 2.61. The van der Waals surface area contributed by atoms with E-state index >= 15 is 0 Å². The molecular formula is C17H17N3OS. The first-order valence-electron chi connectivity index (χ1n) is 6.95. The van der Waals surface area contributed by atoms with Gasteiger partial charge in [-0.3, -0.25) is 9.78 Å². The van der Waals surface area contributed by atoms with E-state index in [1.165, 1.54) is 0 Å². The molecule has 1 atom stereocenters. The molecule has 22 heavy (non-hydrogen) atoms. The molecule has 2 N–H and O–H groups in total. The second kappa shape index (κ2) is 5.51. The molecule has 1 unspecified atom stereocenters. The molecule has 0 radical (unpaired) electrons. The molecule has 0 bridgehead atoms. The highest BCUT2D eigenvalue weighted by Crippen LogP contribution is 2.35. The molecule has 0 amide bonds. The Hall–Kier alpha value is -2.24. The van der Waals surface area contributed by atoms with Gasteiger partial charge < -0.3 is 10.3 Å². The lowest BCUT2D eigenvalue weighted by molar-refractivity contribution is 0.616. The lowest BCUT2D eigenvalue weighted by Gasteiger charge is -2.23. The lowest BCUT2D eigenvalue weighted by atomic mass is 9.92. The minimum atomic E-state index is -0.563. The van der Waals surface area contributed by atoms with Crippen LogP contribution in [0.5, 0.6) is 0 Å². The zero-order valence-corrected chi connectivity index (χ0v) is 13.3. The molecule has 0 saturated heterocycles. The van der Waals surface area contributed by atoms with Crippen LogP contribution in [0, 0.1) is 0 Å². The fourth-order valence-corrected chi connectivity index (χ4v) is 3.43. The van der Waals surface area contributed by atoms with Crippen molar-refractivity contribution in [1.82, 2.24) is 9.55 Å². The number of aromatic nitrogens is 2. The van der Waals surface area contributed by atoms with Gasteiger partial charge in [-0.25, -0.2) is 0 Å². The average molecular weight is 311 g/mol. The van der Waals surface area contributed by atoms with Crippen LogP contribution in [-0.2, 0) is 12.6 Å². The third-order valence-corrected chi connectivity index (χ3v) is 5.14. The normalized spacial score (nSPS) is 13.8. The van der Waals surface area contributed by atoms with Crippen LogP contribution in [0.15, 0.2) is 59.8 Å². The van der Waals surface area contributed by atoms with Gasteiger partial charge in [0.05, 0.1) is 5.54 Å². The van der Waals surface area contributed by atoms with E-state index in [9.17, 15) is 4.79 Å². The molecular weight excluding hydrogens is 294 g/mol. The summed E-state index contributed by atoms with van der Waals surface area (Å²) in [5.41, 5.74) is 8.00. The Labute approximate surface area is 132 Å². The van der Waals surface area contributed by atoms with Gasteiger partial charge in [0.2, 0.25) is 5.56 Å². The molecule has 3 aromatic rings. The molecule has 4 nitrogen and oxygen atoms in total. The SMILES string of the molecule is Cn1cc(-c2ccc(C(C)(N)c3ccncc3)s2)ccc1=O. The highest BCUT2D eigenvalue weighted by Gasteiger charge is 2.25. The molecule has 3 heterocycles. The first-order chi connectivity index (χ1) is 10.5. The van der Waals surface area contributed by atoms with Crippen molar-refractivity contribution in [2.75, 3.05) is 0 Å². The molecule has 112 valence electrons. The predicted octanol–water partition coefficient (Wildman–Crippen LogP) is 2.73. The van der Waals surface area contributed by atoms with Gasteiger partial charge in [0.15, 0.2) is 0 Å². The molecule has 0 fully saturated rings. The number of nitrogens with zero attached hydrogens (tertiary/aromatic N) is 2. The van der Waals surface area contributed by atoms with E-state index in [2.05, 4.69) is 4.98 Å². The number of thiophene rings is 1. The number of hydrogen-bond donors (Lipinski definition) is 1. The average Bonchev–Trinajstić information content (AvgIpc) is 3.01. The van der Waals surface area contributed by atoms with Gasteiger partial charge in [-0.1, -0.05) is 0 Å². The van der Waals surface area contributed by atoms with E-state index in [0.717, 1.165) is 20.9 Å². The van der Waals surface area contributed by atoms with Gasteiger partial charge in [-0.15, -0.1) is 11.3 Å². The van der Waals surface area contributed by atoms with Crippen LogP contribution >= 0.6 is 11.3 Å². The minimum absolute atomic E-state index is 0.0130. The maximum atomic E-state index is 11.5. The molecule has 0 aliphatic heterocycles. The zero-order chi connectivity index (χ0) is 15.7. The third-order valence-electron chi connectivity index (χ3n) is 3.77. The largest absolute Gasteiger partial charge is 0.318 e. The number of pyridine rings is 2. The Morgan fingerprint density at radius 2 is 1.86 bits per heavy atom. The van der Waals surface area contributed by atoms with Gasteiger partial charge in [0, 0.05) is 47.0 Å². The summed E-state index contributed by atoms with van der Waals surface area (Å²) in [5.74, 6) is 0. The van der Waals surface area contributed by atoms with E-state index in [1.54, 1.807) is 41.4 Å². The second-order valence-electron chi connectivity index (χ2n) is 5.47. The van der Waals surface area contributed by atoms with Crippen molar-refractivity contribution in [2.45, 2.75) is 12.5 Å². The van der Waals surface area contributed by atoms with E-state index < -0.39 is 5.54 Å². The summed E-state index contributed by atoms with van der Waals surface area (Å²) in [6, 6.07) is 11.4. The van der Waals surface area contributed by atoms with Crippen LogP contribution in [0.3, 0.4) is 0 Å². The molecule has 0 spiro atoms. The Kier molecular flexibility index (Phi) is 3.68. The smallest absolute Gasteiger partial charge is 0.250 e. The van der Waals surface area contributed by atoms with Crippen molar-refractivity contribution in [3.8, 4) is 10.4 Å². The second-order valence-corrected chi connectivity index (χ2v) is 6.55. The Morgan fingerprint density at radius 3 is 2.55 bits per heavy atom. The minimum Gasteiger partial charge on any atom is -0.318 e. The first kappa shape index (κ1) is 14.7. The summed E-state index contributed by atoms with van der Waals surface area (Å²) in [6.07, 6.45) is 5.35. The number of aryl methyl sites for hydroxylation is 1. The molecule has 0 aliphatic rings. The van der Waals surface area contributed by atoms with Gasteiger partial charge in [-0.2, -0.15) is 0 Å². The summed E-state index contributed by atoms with van der Waals surface area (Å²) >= 11 is 1.64. The monoisotopic (exact) mass is 311 g/mol. The van der Waals surface area contributed by atoms with E-state index in [1.807, 2.05) is 43.5 Å². The Morgan fingerprint density at radius 1 is 1.14 bits per heavy atom. The molecule has 3 aromatic heterocycles. The quantitative estimate of drug-likeness (QED) is 0.809. The summed E-state index contributed by atoms with van der Waals surface area (Å²) in [5, 5.41) is 0. The van der Waals surface area contributed by atoms with Crippen LogP contribution in [0.4, 0.5) is 0 Å². The van der Waals surface area contributed by atoms with Crippen molar-refractivity contribution in [2.24, 2.45) is 12.8 Å². The van der Waals surface area contributed by atoms with Crippen molar-refractivity contribution in [3.05, 3.63) is 75.8 Å². The highest BCUT2D eigenvalue weighted by molar-refractivity contribution is 7.15. The Balaban J connectivity index is 2.00. The van der Waals surface area contributed by atoms with E-state index in [-0.39, 0.29) is 5.56 Å². The maximum absolute atomic E-state index is 11.5. The van der Waals surface area contributed by atoms with E-state index in [4.69, 9.17) is 5.73 Å². The summed E-state index contributed by atoms with van der Waals surface area (Å²) in [6.45, 7) is 2.00. The molecule has 0 aromatic carbocycles. The van der Waals surface area contributed by atoms with Crippen molar-refractivity contribution >= 4 is 11.3 Å². The topological polar surface area (TPSA) is 60.9 Å². The molecule has 3 rings (SSSR count).